The molecule has 8 atom stereocenters. The molecule has 2 fully saturated rings. The van der Waals surface area contributed by atoms with Gasteiger partial charge in [-0.1, -0.05) is 0 Å². The van der Waals surface area contributed by atoms with Crippen LogP contribution < -0.4 is 11.5 Å². The van der Waals surface area contributed by atoms with E-state index in [0.717, 1.165) is 0 Å². The van der Waals surface area contributed by atoms with Gasteiger partial charge >= 0.3 is 16.1 Å². The maximum atomic E-state index is 14.9. The van der Waals surface area contributed by atoms with E-state index in [0.29, 0.717) is 22.3 Å². The largest absolute Gasteiger partial charge is 0.694 e. The highest BCUT2D eigenvalue weighted by Crippen LogP contribution is 2.49. The van der Waals surface area contributed by atoms with Gasteiger partial charge < -0.3 is 25.8 Å². The first kappa shape index (κ1) is 28.8. The van der Waals surface area contributed by atoms with Crippen LogP contribution in [0.5, 0.6) is 0 Å². The number of nitrogens with two attached hydrogens (primary N) is 2. The van der Waals surface area contributed by atoms with E-state index in [2.05, 4.69) is 29.9 Å². The van der Waals surface area contributed by atoms with Crippen molar-refractivity contribution in [1.82, 2.24) is 39.0 Å². The van der Waals surface area contributed by atoms with Crippen LogP contribution in [0.4, 0.5) is 16.0 Å². The fourth-order valence-corrected chi connectivity index (χ4v) is 6.04. The molecular weight excluding hydrogens is 605 g/mol. The summed E-state index contributed by atoms with van der Waals surface area (Å²) in [6.07, 6.45) is -1.57. The van der Waals surface area contributed by atoms with Crippen LogP contribution in [-0.4, -0.2) is 86.5 Å². The van der Waals surface area contributed by atoms with Crippen molar-refractivity contribution in [2.45, 2.75) is 49.8 Å². The number of hydrogen-bond acceptors (Lipinski definition) is 15. The Morgan fingerprint density at radius 1 is 0.952 bits per heavy atom. The fraction of sp³-hybridized carbons (Fsp3) is 0.500. The number of phosphoric acid groups is 1. The zero-order chi connectivity index (χ0) is 29.6. The van der Waals surface area contributed by atoms with Gasteiger partial charge in [-0.3, -0.25) is 18.2 Å². The molecule has 0 radical (unpaired) electrons. The molecule has 0 spiro atoms. The van der Waals surface area contributed by atoms with E-state index in [-0.39, 0.29) is 24.5 Å². The molecule has 0 aliphatic carbocycles. The lowest BCUT2D eigenvalue weighted by molar-refractivity contribution is -0.0482. The molecule has 4 aromatic heterocycles. The van der Waals surface area contributed by atoms with Gasteiger partial charge in [-0.25, -0.2) is 38.9 Å². The first-order chi connectivity index (χ1) is 20.1. The van der Waals surface area contributed by atoms with Gasteiger partial charge in [0.1, 0.15) is 67.2 Å². The summed E-state index contributed by atoms with van der Waals surface area (Å²) in [5.74, 6) is 0.286. The molecular formula is C20H24FN10O9P2+. The summed E-state index contributed by atoms with van der Waals surface area (Å²) in [5.41, 5.74) is 12.9. The van der Waals surface area contributed by atoms with Gasteiger partial charge in [-0.15, -0.1) is 9.42 Å². The van der Waals surface area contributed by atoms with Crippen LogP contribution in [0.15, 0.2) is 25.3 Å². The van der Waals surface area contributed by atoms with E-state index in [1.807, 2.05) is 0 Å². The molecule has 19 nitrogen and oxygen atoms in total. The van der Waals surface area contributed by atoms with Gasteiger partial charge in [0.25, 0.3) is 0 Å². The van der Waals surface area contributed by atoms with E-state index in [1.165, 1.54) is 34.4 Å². The number of ether oxygens (including phenoxy) is 2. The van der Waals surface area contributed by atoms with E-state index in [4.69, 9.17) is 39.4 Å². The Morgan fingerprint density at radius 3 is 2.12 bits per heavy atom. The van der Waals surface area contributed by atoms with Gasteiger partial charge in [-0.2, -0.15) is 0 Å². The smallest absolute Gasteiger partial charge is 0.382 e. The molecule has 0 amide bonds. The Morgan fingerprint density at radius 2 is 1.52 bits per heavy atom. The lowest BCUT2D eigenvalue weighted by Gasteiger charge is -2.21. The lowest BCUT2D eigenvalue weighted by atomic mass is 10.2. The second kappa shape index (κ2) is 11.4. The normalized spacial score (nSPS) is 28.0. The Hall–Kier alpha value is -3.32. The summed E-state index contributed by atoms with van der Waals surface area (Å²) in [6, 6.07) is 0. The van der Waals surface area contributed by atoms with Gasteiger partial charge in [0.15, 0.2) is 22.9 Å². The number of alkyl halides is 1. The molecule has 2 saturated heterocycles. The van der Waals surface area contributed by atoms with Gasteiger partial charge in [-0.05, 0) is 0 Å². The zero-order valence-corrected chi connectivity index (χ0v) is 23.1. The van der Waals surface area contributed by atoms with Crippen molar-refractivity contribution in [3.8, 4) is 0 Å². The summed E-state index contributed by atoms with van der Waals surface area (Å²) >= 11 is 0. The Bertz CT molecular complexity index is 1680. The summed E-state index contributed by atoms with van der Waals surface area (Å²) in [5, 5.41) is 0. The molecule has 0 saturated carbocycles. The highest BCUT2D eigenvalue weighted by molar-refractivity contribution is 7.47. The highest BCUT2D eigenvalue weighted by Gasteiger charge is 2.45. The molecule has 224 valence electrons. The van der Waals surface area contributed by atoms with Gasteiger partial charge in [0.2, 0.25) is 0 Å². The molecule has 2 aliphatic rings. The standard InChI is InChI=1S/C20H23FN10O9P2/c21-9-1-13(30-7-28-15-17(22)24-5-26-19(15)30)38-11(9)4-37-42(34,35)40-10-2-14(39-12(10)3-36-41(32)33)31-8-29-16-18(23)25-6-27-20(16)31/h5-14H,1-4H2,(H5-,22,23,24,25,26,27,32,33,34,35)/p+1/t9-,10-,11+,12+,13+,14+/m0/s1. The van der Waals surface area contributed by atoms with Gasteiger partial charge in [0.05, 0.1) is 19.3 Å². The van der Waals surface area contributed by atoms with Crippen LogP contribution in [0.2, 0.25) is 0 Å². The summed E-state index contributed by atoms with van der Waals surface area (Å²) in [6.45, 7) is -1.08. The van der Waals surface area contributed by atoms with E-state index in [1.54, 1.807) is 0 Å². The lowest BCUT2D eigenvalue weighted by Crippen LogP contribution is -2.29. The summed E-state index contributed by atoms with van der Waals surface area (Å²) in [4.78, 5) is 43.9. The van der Waals surface area contributed by atoms with Crippen LogP contribution in [-0.2, 0) is 32.2 Å². The number of rotatable bonds is 10. The number of phosphoric ester groups is 1. The first-order valence-corrected chi connectivity index (χ1v) is 15.0. The minimum absolute atomic E-state index is 0.0358. The Kier molecular flexibility index (Phi) is 7.81. The van der Waals surface area contributed by atoms with Crippen LogP contribution in [0, 0.1) is 0 Å². The average molecular weight is 629 g/mol. The van der Waals surface area contributed by atoms with Crippen molar-refractivity contribution in [3.63, 3.8) is 0 Å². The topological polar surface area (TPSA) is 260 Å². The quantitative estimate of drug-likeness (QED) is 0.178. The molecule has 6 N–H and O–H groups in total. The molecule has 4 aromatic rings. The predicted octanol–water partition coefficient (Wildman–Crippen LogP) is 0.912. The second-order valence-electron chi connectivity index (χ2n) is 9.35. The summed E-state index contributed by atoms with van der Waals surface area (Å²) < 4.78 is 68.8. The van der Waals surface area contributed by atoms with Crippen molar-refractivity contribution in [2.75, 3.05) is 24.7 Å². The molecule has 6 rings (SSSR count). The van der Waals surface area contributed by atoms with Crippen molar-refractivity contribution < 1.29 is 46.4 Å². The Balaban J connectivity index is 1.12. The third kappa shape index (κ3) is 5.68. The highest BCUT2D eigenvalue weighted by atomic mass is 31.2. The van der Waals surface area contributed by atoms with E-state index in [9.17, 15) is 18.4 Å². The number of fused-ring (bicyclic) bond motifs is 2. The number of halogens is 1. The van der Waals surface area contributed by atoms with Crippen molar-refractivity contribution in [1.29, 1.82) is 0 Å². The van der Waals surface area contributed by atoms with Crippen LogP contribution >= 0.6 is 16.1 Å². The number of hydrogen-bond donors (Lipinski definition) is 4. The maximum Gasteiger partial charge on any atom is 0.694 e. The van der Waals surface area contributed by atoms with Crippen LogP contribution in [0.3, 0.4) is 0 Å². The minimum Gasteiger partial charge on any atom is -0.382 e. The minimum atomic E-state index is -4.83. The van der Waals surface area contributed by atoms with E-state index >= 15 is 0 Å². The zero-order valence-electron chi connectivity index (χ0n) is 21.4. The van der Waals surface area contributed by atoms with E-state index < -0.39 is 66.2 Å². The maximum absolute atomic E-state index is 14.9. The monoisotopic (exact) mass is 629 g/mol. The number of nitrogen functional groups attached to an aromatic ring is 2. The molecule has 6 heterocycles. The third-order valence-corrected chi connectivity index (χ3v) is 8.14. The van der Waals surface area contributed by atoms with Crippen LogP contribution in [0.1, 0.15) is 25.3 Å². The van der Waals surface area contributed by atoms with Gasteiger partial charge in [0, 0.05) is 17.4 Å². The van der Waals surface area contributed by atoms with Crippen molar-refractivity contribution in [3.05, 3.63) is 25.3 Å². The van der Waals surface area contributed by atoms with Crippen molar-refractivity contribution >= 4 is 50.0 Å². The Labute approximate surface area is 235 Å². The molecule has 2 unspecified atom stereocenters. The number of aromatic nitrogens is 8. The molecule has 2 aliphatic heterocycles. The molecule has 0 aromatic carbocycles. The summed E-state index contributed by atoms with van der Waals surface area (Å²) in [7, 11) is -7.83. The molecule has 0 bridgehead atoms. The first-order valence-electron chi connectivity index (χ1n) is 12.4. The number of imidazole rings is 2. The molecule has 22 heteroatoms. The number of nitrogens with zero attached hydrogens (tertiary/aromatic N) is 8. The van der Waals surface area contributed by atoms with Crippen LogP contribution in [0.25, 0.3) is 22.3 Å². The SMILES string of the molecule is Nc1ncnc2c1ncn2[C@H]1C[C@H](OP(=O)(O)OC[C@H]2O[C@@H](n3cnc4c(N)ncnc43)C[C@@H]2F)[C@@H](CO[P+](=O)O)O1. The number of anilines is 2. The average Bonchev–Trinajstić information content (AvgIpc) is 3.72. The third-order valence-electron chi connectivity index (χ3n) is 6.76. The second-order valence-corrected chi connectivity index (χ2v) is 11.5. The fourth-order valence-electron chi connectivity index (χ4n) is 4.81. The molecule has 42 heavy (non-hydrogen) atoms. The predicted molar refractivity (Wildman–Crippen MR) is 138 cm³/mol. The van der Waals surface area contributed by atoms with Crippen molar-refractivity contribution in [2.24, 2.45) is 0 Å².